The summed E-state index contributed by atoms with van der Waals surface area (Å²) in [5.74, 6) is -0.729. The lowest BCUT2D eigenvalue weighted by atomic mass is 10.2. The molecular weight excluding hydrogens is 241 g/mol. The van der Waals surface area contributed by atoms with Crippen molar-refractivity contribution in [2.45, 2.75) is 11.1 Å². The summed E-state index contributed by atoms with van der Waals surface area (Å²) in [4.78, 5) is -0.236. The molecule has 0 spiro atoms. The molecule has 1 N–H and O–H groups in total. The topological polar surface area (TPSA) is 37.3 Å². The number of aromatic hydroxyl groups is 1. The Kier molecular flexibility index (Phi) is 3.06. The Hall–Kier alpha value is -0.750. The van der Waals surface area contributed by atoms with Crippen LogP contribution in [0.3, 0.4) is 0 Å². The largest absolute Gasteiger partial charge is 0.507 e. The summed E-state index contributed by atoms with van der Waals surface area (Å²) >= 11 is 0. The predicted molar refractivity (Wildman–Crippen MR) is 45.4 cm³/mol. The van der Waals surface area contributed by atoms with Gasteiger partial charge in [0, 0.05) is 0 Å². The Morgan fingerprint density at radius 3 is 2.29 bits per heavy atom. The van der Waals surface area contributed by atoms with Crippen LogP contribution >= 0.6 is 10.7 Å². The zero-order valence-corrected chi connectivity index (χ0v) is 8.08. The van der Waals surface area contributed by atoms with E-state index in [1.807, 2.05) is 0 Å². The summed E-state index contributed by atoms with van der Waals surface area (Å²) in [5.41, 5.74) is -1.01. The third-order valence-electron chi connectivity index (χ3n) is 1.46. The molecule has 1 atom stereocenters. The van der Waals surface area contributed by atoms with Crippen LogP contribution in [0.2, 0.25) is 0 Å². The number of alkyl halides is 3. The average Bonchev–Trinajstić information content (AvgIpc) is 2.01. The summed E-state index contributed by atoms with van der Waals surface area (Å²) in [5, 5.41) is 9.05. The number of hydrogen-bond acceptors (Lipinski definition) is 2. The summed E-state index contributed by atoms with van der Waals surface area (Å²) in [6.45, 7) is 0. The van der Waals surface area contributed by atoms with E-state index in [1.54, 1.807) is 0 Å². The second-order valence-corrected chi connectivity index (χ2v) is 4.13. The van der Waals surface area contributed by atoms with Gasteiger partial charge in [-0.3, -0.25) is 0 Å². The molecule has 0 aliphatic rings. The maximum atomic E-state index is 12.1. The van der Waals surface area contributed by atoms with Gasteiger partial charge < -0.3 is 5.11 Å². The molecule has 0 heterocycles. The molecule has 0 aliphatic carbocycles. The van der Waals surface area contributed by atoms with Gasteiger partial charge in [0.05, 0.1) is 10.5 Å². The summed E-state index contributed by atoms with van der Waals surface area (Å²) < 4.78 is 46.9. The Labute approximate surface area is 84.3 Å². The smallest absolute Gasteiger partial charge is 0.416 e. The minimum atomic E-state index is -4.54. The number of benzene rings is 1. The van der Waals surface area contributed by atoms with Crippen molar-refractivity contribution in [2.75, 3.05) is 0 Å². The summed E-state index contributed by atoms with van der Waals surface area (Å²) in [6, 6.07) is 2.06. The van der Waals surface area contributed by atoms with Crippen LogP contribution in [0, 0.1) is 0 Å². The van der Waals surface area contributed by atoms with Gasteiger partial charge in [0.2, 0.25) is 0 Å². The van der Waals surface area contributed by atoms with Crippen LogP contribution in [0.25, 0.3) is 0 Å². The molecule has 0 saturated carbocycles. The van der Waals surface area contributed by atoms with Crippen molar-refractivity contribution in [3.63, 3.8) is 0 Å². The SMILES string of the molecule is O=S(Cl)c1ccc(C(F)(F)F)cc1O. The first-order chi connectivity index (χ1) is 6.32. The highest BCUT2D eigenvalue weighted by Gasteiger charge is 2.31. The first kappa shape index (κ1) is 11.3. The fraction of sp³-hybridized carbons (Fsp3) is 0.143. The van der Waals surface area contributed by atoms with Crippen LogP contribution in [0.4, 0.5) is 13.2 Å². The molecule has 1 aromatic carbocycles. The van der Waals surface area contributed by atoms with Crippen LogP contribution in [0.5, 0.6) is 5.75 Å². The molecule has 0 radical (unpaired) electrons. The Morgan fingerprint density at radius 1 is 1.36 bits per heavy atom. The van der Waals surface area contributed by atoms with E-state index in [9.17, 15) is 17.4 Å². The van der Waals surface area contributed by atoms with E-state index in [-0.39, 0.29) is 4.90 Å². The molecule has 2 nitrogen and oxygen atoms in total. The Balaban J connectivity index is 3.20. The van der Waals surface area contributed by atoms with E-state index in [0.29, 0.717) is 12.1 Å². The average molecular weight is 245 g/mol. The fourth-order valence-corrected chi connectivity index (χ4v) is 1.62. The monoisotopic (exact) mass is 244 g/mol. The molecule has 0 saturated heterocycles. The van der Waals surface area contributed by atoms with E-state index >= 15 is 0 Å². The summed E-state index contributed by atoms with van der Waals surface area (Å²) in [7, 11) is 3.09. The highest BCUT2D eigenvalue weighted by Crippen LogP contribution is 2.33. The number of phenolic OH excluding ortho intramolecular Hbond substituents is 1. The number of halogens is 4. The first-order valence-electron chi connectivity index (χ1n) is 3.30. The van der Waals surface area contributed by atoms with Crippen molar-refractivity contribution >= 4 is 20.7 Å². The second-order valence-electron chi connectivity index (χ2n) is 2.40. The molecule has 1 aromatic rings. The molecule has 1 unspecified atom stereocenters. The molecule has 0 amide bonds. The summed E-state index contributed by atoms with van der Waals surface area (Å²) in [6.07, 6.45) is -4.54. The van der Waals surface area contributed by atoms with Gasteiger partial charge in [0.1, 0.15) is 5.75 Å². The highest BCUT2D eigenvalue weighted by atomic mass is 35.7. The molecule has 1 rings (SSSR count). The molecule has 14 heavy (non-hydrogen) atoms. The standard InChI is InChI=1S/C7H4ClF3O2S/c8-14(13)6-2-1-4(3-5(6)12)7(9,10)11/h1-3,12H. The quantitative estimate of drug-likeness (QED) is 0.771. The third kappa shape index (κ3) is 2.39. The number of hydrogen-bond donors (Lipinski definition) is 1. The van der Waals surface area contributed by atoms with E-state index in [2.05, 4.69) is 0 Å². The van der Waals surface area contributed by atoms with Crippen molar-refractivity contribution in [1.29, 1.82) is 0 Å². The lowest BCUT2D eigenvalue weighted by Crippen LogP contribution is -2.04. The van der Waals surface area contributed by atoms with Crippen molar-refractivity contribution < 1.29 is 22.5 Å². The maximum absolute atomic E-state index is 12.1. The molecule has 7 heteroatoms. The van der Waals surface area contributed by atoms with Gasteiger partial charge in [-0.1, -0.05) is 0 Å². The van der Waals surface area contributed by atoms with E-state index in [4.69, 9.17) is 15.8 Å². The van der Waals surface area contributed by atoms with Gasteiger partial charge in [-0.15, -0.1) is 0 Å². The van der Waals surface area contributed by atoms with Gasteiger partial charge in [-0.05, 0) is 28.9 Å². The molecular formula is C7H4ClF3O2S. The predicted octanol–water partition coefficient (Wildman–Crippen LogP) is 2.67. The van der Waals surface area contributed by atoms with Gasteiger partial charge in [0.25, 0.3) is 0 Å². The van der Waals surface area contributed by atoms with Crippen LogP contribution in [-0.2, 0) is 16.2 Å². The van der Waals surface area contributed by atoms with Gasteiger partial charge in [0.15, 0.2) is 10.0 Å². The van der Waals surface area contributed by atoms with Crippen LogP contribution < -0.4 is 0 Å². The molecule has 0 bridgehead atoms. The zero-order chi connectivity index (χ0) is 10.9. The van der Waals surface area contributed by atoms with Crippen LogP contribution in [0.1, 0.15) is 5.56 Å². The number of phenols is 1. The molecule has 0 aliphatic heterocycles. The first-order valence-corrected chi connectivity index (χ1v) is 5.28. The highest BCUT2D eigenvalue weighted by molar-refractivity contribution is 8.08. The van der Waals surface area contributed by atoms with Gasteiger partial charge in [-0.2, -0.15) is 13.2 Å². The Bertz CT molecular complexity index is 378. The zero-order valence-electron chi connectivity index (χ0n) is 6.51. The normalized spacial score (nSPS) is 14.0. The molecule has 78 valence electrons. The van der Waals surface area contributed by atoms with E-state index in [0.717, 1.165) is 6.07 Å². The Morgan fingerprint density at radius 2 is 1.93 bits per heavy atom. The second kappa shape index (κ2) is 3.78. The lowest BCUT2D eigenvalue weighted by Gasteiger charge is -2.07. The lowest BCUT2D eigenvalue weighted by molar-refractivity contribution is -0.137. The minimum absolute atomic E-state index is 0.236. The van der Waals surface area contributed by atoms with Crippen LogP contribution in [-0.4, -0.2) is 9.32 Å². The third-order valence-corrected chi connectivity index (χ3v) is 2.65. The van der Waals surface area contributed by atoms with Crippen LogP contribution in [0.15, 0.2) is 23.1 Å². The molecule has 0 fully saturated rings. The van der Waals surface area contributed by atoms with Crippen molar-refractivity contribution in [3.05, 3.63) is 23.8 Å². The van der Waals surface area contributed by atoms with Gasteiger partial charge in [-0.25, -0.2) is 4.21 Å². The minimum Gasteiger partial charge on any atom is -0.507 e. The van der Waals surface area contributed by atoms with Crippen molar-refractivity contribution in [2.24, 2.45) is 0 Å². The maximum Gasteiger partial charge on any atom is 0.416 e. The van der Waals surface area contributed by atoms with Crippen molar-refractivity contribution in [3.8, 4) is 5.75 Å². The fourth-order valence-electron chi connectivity index (χ4n) is 0.829. The molecule has 0 aromatic heterocycles. The number of rotatable bonds is 1. The van der Waals surface area contributed by atoms with Crippen molar-refractivity contribution in [1.82, 2.24) is 0 Å². The van der Waals surface area contributed by atoms with E-state index < -0.39 is 27.5 Å². The van der Waals surface area contributed by atoms with E-state index in [1.165, 1.54) is 0 Å². The van der Waals surface area contributed by atoms with Gasteiger partial charge >= 0.3 is 6.18 Å².